The van der Waals surface area contributed by atoms with E-state index in [9.17, 15) is 17.6 Å². The van der Waals surface area contributed by atoms with E-state index in [1.807, 2.05) is 30.3 Å². The molecule has 2 aromatic carbocycles. The molecule has 9 heteroatoms. The molecule has 2 aliphatic rings. The van der Waals surface area contributed by atoms with Crippen LogP contribution in [-0.2, 0) is 26.1 Å². The number of sulfonamides is 1. The molecule has 2 fully saturated rings. The van der Waals surface area contributed by atoms with E-state index >= 15 is 0 Å². The van der Waals surface area contributed by atoms with E-state index in [1.54, 1.807) is 25.1 Å². The summed E-state index contributed by atoms with van der Waals surface area (Å²) in [5, 5.41) is 0. The normalized spacial score (nSPS) is 22.4. The van der Waals surface area contributed by atoms with Crippen LogP contribution in [0.5, 0.6) is 0 Å². The minimum Gasteiger partial charge on any atom is -0.465 e. The Hall–Kier alpha value is -3.14. The summed E-state index contributed by atoms with van der Waals surface area (Å²) in [6.07, 6.45) is 2.25. The topological polar surface area (TPSA) is 79.8 Å². The number of halogens is 1. The van der Waals surface area contributed by atoms with E-state index in [1.165, 1.54) is 28.7 Å². The van der Waals surface area contributed by atoms with Crippen LogP contribution in [0.15, 0.2) is 77.8 Å². The van der Waals surface area contributed by atoms with E-state index in [0.29, 0.717) is 37.2 Å². The van der Waals surface area contributed by atoms with Crippen molar-refractivity contribution < 1.29 is 22.3 Å². The monoisotopic (exact) mass is 509 g/mol. The highest BCUT2D eigenvalue weighted by molar-refractivity contribution is 7.89. The number of ether oxygens (including phenoxy) is 1. The first-order valence-corrected chi connectivity index (χ1v) is 13.5. The lowest BCUT2D eigenvalue weighted by Crippen LogP contribution is -2.66. The zero-order chi connectivity index (χ0) is 25.3. The third-order valence-corrected chi connectivity index (χ3v) is 8.92. The molecule has 3 aromatic rings. The Bertz CT molecular complexity index is 1350. The van der Waals surface area contributed by atoms with Crippen molar-refractivity contribution in [1.82, 2.24) is 14.2 Å². The Morgan fingerprint density at radius 1 is 1.14 bits per heavy atom. The van der Waals surface area contributed by atoms with Crippen LogP contribution in [0.4, 0.5) is 4.39 Å². The third-order valence-electron chi connectivity index (χ3n) is 6.92. The standard InChI is InChI=1S/C27H28FN3O4S/c1-2-35-26(32)27-14-13-23(18-30(19-27)17-20-7-4-3-5-8-20)31(27)36(33,34)24-11-12-25(29-16-24)21-9-6-10-22(28)15-21/h3-12,15-16,23H,2,13-14,17-19H2,1H3. The molecule has 36 heavy (non-hydrogen) atoms. The Labute approximate surface area is 210 Å². The summed E-state index contributed by atoms with van der Waals surface area (Å²) in [6.45, 7) is 3.28. The SMILES string of the molecule is CCOC(=O)C12CCC(CN(Cc3ccccc3)C1)N2S(=O)(=O)c1ccc(-c2cccc(F)c2)nc1. The Kier molecular flexibility index (Phi) is 6.63. The first-order valence-electron chi connectivity index (χ1n) is 12.0. The molecular weight excluding hydrogens is 481 g/mol. The van der Waals surface area contributed by atoms with Gasteiger partial charge in [0.05, 0.1) is 12.3 Å². The number of piperazine rings is 1. The number of nitrogens with zero attached hydrogens (tertiary/aromatic N) is 3. The summed E-state index contributed by atoms with van der Waals surface area (Å²) in [7, 11) is -4.05. The van der Waals surface area contributed by atoms with Crippen LogP contribution in [0.2, 0.25) is 0 Å². The van der Waals surface area contributed by atoms with Crippen LogP contribution in [0.3, 0.4) is 0 Å². The average Bonchev–Trinajstić information content (AvgIpc) is 3.14. The highest BCUT2D eigenvalue weighted by Gasteiger charge is 2.61. The second-order valence-electron chi connectivity index (χ2n) is 9.29. The maximum Gasteiger partial charge on any atom is 0.328 e. The first-order chi connectivity index (χ1) is 17.3. The molecule has 3 heterocycles. The van der Waals surface area contributed by atoms with Crippen molar-refractivity contribution in [3.8, 4) is 11.3 Å². The Morgan fingerprint density at radius 2 is 1.94 bits per heavy atom. The van der Waals surface area contributed by atoms with Gasteiger partial charge in [0.25, 0.3) is 0 Å². The van der Waals surface area contributed by atoms with Gasteiger partial charge in [0.15, 0.2) is 0 Å². The molecule has 0 amide bonds. The number of hydrogen-bond acceptors (Lipinski definition) is 6. The van der Waals surface area contributed by atoms with Gasteiger partial charge in [-0.1, -0.05) is 42.5 Å². The number of carbonyl (C=O) groups is 1. The van der Waals surface area contributed by atoms with Gasteiger partial charge in [-0.15, -0.1) is 0 Å². The Balaban J connectivity index is 1.47. The number of pyridine rings is 1. The van der Waals surface area contributed by atoms with Crippen LogP contribution in [0.1, 0.15) is 25.3 Å². The van der Waals surface area contributed by atoms with Crippen molar-refractivity contribution in [3.63, 3.8) is 0 Å². The zero-order valence-corrected chi connectivity index (χ0v) is 20.8. The molecule has 2 atom stereocenters. The second-order valence-corrected chi connectivity index (χ2v) is 11.1. The molecule has 2 saturated heterocycles. The fourth-order valence-electron chi connectivity index (χ4n) is 5.40. The quantitative estimate of drug-likeness (QED) is 0.450. The molecule has 2 unspecified atom stereocenters. The largest absolute Gasteiger partial charge is 0.465 e. The van der Waals surface area contributed by atoms with Crippen molar-refractivity contribution in [2.75, 3.05) is 19.7 Å². The average molecular weight is 510 g/mol. The van der Waals surface area contributed by atoms with E-state index in [0.717, 1.165) is 5.56 Å². The summed E-state index contributed by atoms with van der Waals surface area (Å²) >= 11 is 0. The summed E-state index contributed by atoms with van der Waals surface area (Å²) in [6, 6.07) is 18.6. The molecule has 5 rings (SSSR count). The maximum atomic E-state index is 13.9. The molecule has 2 aliphatic heterocycles. The molecule has 2 bridgehead atoms. The van der Waals surface area contributed by atoms with Crippen molar-refractivity contribution in [2.24, 2.45) is 0 Å². The second kappa shape index (κ2) is 9.72. The lowest BCUT2D eigenvalue weighted by Gasteiger charge is -2.46. The minimum absolute atomic E-state index is 0.000245. The van der Waals surface area contributed by atoms with Gasteiger partial charge < -0.3 is 4.74 Å². The van der Waals surface area contributed by atoms with Crippen LogP contribution in [0, 0.1) is 5.82 Å². The molecular formula is C27H28FN3O4S. The molecule has 0 radical (unpaired) electrons. The molecule has 0 aliphatic carbocycles. The highest BCUT2D eigenvalue weighted by atomic mass is 32.2. The van der Waals surface area contributed by atoms with Gasteiger partial charge in [0.1, 0.15) is 16.3 Å². The van der Waals surface area contributed by atoms with Crippen molar-refractivity contribution >= 4 is 16.0 Å². The molecule has 1 aromatic heterocycles. The van der Waals surface area contributed by atoms with Gasteiger partial charge in [-0.05, 0) is 49.6 Å². The first kappa shape index (κ1) is 24.5. The lowest BCUT2D eigenvalue weighted by molar-refractivity contribution is -0.157. The number of likely N-dealkylation sites (tertiary alicyclic amines) is 1. The van der Waals surface area contributed by atoms with E-state index in [2.05, 4.69) is 9.88 Å². The van der Waals surface area contributed by atoms with Crippen molar-refractivity contribution in [2.45, 2.75) is 42.8 Å². The van der Waals surface area contributed by atoms with Gasteiger partial charge in [-0.25, -0.2) is 17.6 Å². The summed E-state index contributed by atoms with van der Waals surface area (Å²) in [5.74, 6) is -0.912. The number of aromatic nitrogens is 1. The van der Waals surface area contributed by atoms with Crippen LogP contribution >= 0.6 is 0 Å². The van der Waals surface area contributed by atoms with Crippen LogP contribution < -0.4 is 0 Å². The Morgan fingerprint density at radius 3 is 2.64 bits per heavy atom. The third kappa shape index (κ3) is 4.42. The van der Waals surface area contributed by atoms with Gasteiger partial charge in [0, 0.05) is 37.4 Å². The molecule has 0 spiro atoms. The number of rotatable bonds is 7. The van der Waals surface area contributed by atoms with Crippen molar-refractivity contribution in [3.05, 3.63) is 84.3 Å². The molecule has 7 nitrogen and oxygen atoms in total. The molecule has 188 valence electrons. The zero-order valence-electron chi connectivity index (χ0n) is 20.0. The van der Waals surface area contributed by atoms with Crippen LogP contribution in [0.25, 0.3) is 11.3 Å². The number of carbonyl (C=O) groups excluding carboxylic acids is 1. The van der Waals surface area contributed by atoms with E-state index in [4.69, 9.17) is 4.74 Å². The number of hydrogen-bond donors (Lipinski definition) is 0. The smallest absolute Gasteiger partial charge is 0.328 e. The fraction of sp³-hybridized carbons (Fsp3) is 0.333. The molecule has 0 saturated carbocycles. The highest BCUT2D eigenvalue weighted by Crippen LogP contribution is 2.44. The predicted molar refractivity (Wildman–Crippen MR) is 133 cm³/mol. The molecule has 0 N–H and O–H groups in total. The van der Waals surface area contributed by atoms with Gasteiger partial charge >= 0.3 is 5.97 Å². The van der Waals surface area contributed by atoms with Crippen molar-refractivity contribution in [1.29, 1.82) is 0 Å². The fourth-order valence-corrected chi connectivity index (χ4v) is 7.31. The van der Waals surface area contributed by atoms with Gasteiger partial charge in [-0.2, -0.15) is 4.31 Å². The van der Waals surface area contributed by atoms with Gasteiger partial charge in [0.2, 0.25) is 10.0 Å². The number of benzene rings is 2. The minimum atomic E-state index is -4.05. The summed E-state index contributed by atoms with van der Waals surface area (Å²) in [4.78, 5) is 19.8. The maximum absolute atomic E-state index is 13.9. The summed E-state index contributed by atoms with van der Waals surface area (Å²) in [5.41, 5.74) is 0.818. The van der Waals surface area contributed by atoms with Crippen LogP contribution in [-0.4, -0.2) is 59.9 Å². The lowest BCUT2D eigenvalue weighted by atomic mass is 9.96. The number of fused-ring (bicyclic) bond motifs is 2. The van der Waals surface area contributed by atoms with E-state index < -0.39 is 27.3 Å². The number of esters is 1. The predicted octanol–water partition coefficient (Wildman–Crippen LogP) is 3.86. The summed E-state index contributed by atoms with van der Waals surface area (Å²) < 4.78 is 48.3. The van der Waals surface area contributed by atoms with E-state index in [-0.39, 0.29) is 24.1 Å². The van der Waals surface area contributed by atoms with Gasteiger partial charge in [-0.3, -0.25) is 9.88 Å².